The minimum atomic E-state index is -1.20. The van der Waals surface area contributed by atoms with E-state index in [1.165, 1.54) is 5.56 Å². The van der Waals surface area contributed by atoms with E-state index in [0.717, 1.165) is 35.1 Å². The second-order valence-corrected chi connectivity index (χ2v) is 8.74. The number of nitrogens with zero attached hydrogens (tertiary/aromatic N) is 1. The number of aliphatic hydroxyl groups excluding tert-OH is 1. The van der Waals surface area contributed by atoms with Crippen molar-refractivity contribution in [3.05, 3.63) is 70.8 Å². The van der Waals surface area contributed by atoms with Crippen LogP contribution in [0.3, 0.4) is 0 Å². The van der Waals surface area contributed by atoms with Crippen LogP contribution in [0.2, 0.25) is 0 Å². The van der Waals surface area contributed by atoms with Gasteiger partial charge in [0.15, 0.2) is 0 Å². The average Bonchev–Trinajstić information content (AvgIpc) is 2.65. The topological polar surface area (TPSA) is 72.8 Å². The number of nitrogens with one attached hydrogen (secondary N) is 1. The van der Waals surface area contributed by atoms with Gasteiger partial charge in [0.05, 0.1) is 12.1 Å². The molecule has 7 heteroatoms. The molecule has 0 aliphatic rings. The number of carbonyl (C=O) groups is 1. The number of amides is 1. The minimum Gasteiger partial charge on any atom is -0.465 e. The monoisotopic (exact) mass is 434 g/mol. The van der Waals surface area contributed by atoms with Crippen molar-refractivity contribution < 1.29 is 23.8 Å². The van der Waals surface area contributed by atoms with Crippen molar-refractivity contribution in [2.24, 2.45) is 0 Å². The van der Waals surface area contributed by atoms with Gasteiger partial charge in [-0.1, -0.05) is 31.2 Å². The third kappa shape index (κ3) is 7.29. The highest BCUT2D eigenvalue weighted by Gasteiger charge is 2.37. The molecule has 3 N–H and O–H groups in total. The molecule has 2 aromatic rings. The van der Waals surface area contributed by atoms with Gasteiger partial charge in [0.2, 0.25) is 0 Å². The van der Waals surface area contributed by atoms with E-state index in [0.29, 0.717) is 6.54 Å². The van der Waals surface area contributed by atoms with Gasteiger partial charge in [0, 0.05) is 24.7 Å². The fourth-order valence-corrected chi connectivity index (χ4v) is 3.76. The normalized spacial score (nSPS) is 13.6. The first kappa shape index (κ1) is 24.8. The summed E-state index contributed by atoms with van der Waals surface area (Å²) in [5.74, 6) is -1.48. The van der Waals surface area contributed by atoms with E-state index in [1.54, 1.807) is 20.8 Å². The number of rotatable bonds is 9. The maximum atomic E-state index is 13.7. The van der Waals surface area contributed by atoms with E-state index in [1.807, 2.05) is 18.2 Å². The van der Waals surface area contributed by atoms with E-state index in [-0.39, 0.29) is 18.5 Å². The highest BCUT2D eigenvalue weighted by atomic mass is 19.1. The predicted octanol–water partition coefficient (Wildman–Crippen LogP) is 4.37. The van der Waals surface area contributed by atoms with Crippen LogP contribution >= 0.6 is 0 Å². The van der Waals surface area contributed by atoms with Crippen LogP contribution in [0.25, 0.3) is 0 Å². The first-order chi connectivity index (χ1) is 14.5. The zero-order chi connectivity index (χ0) is 23.2. The van der Waals surface area contributed by atoms with Crippen LogP contribution in [0.4, 0.5) is 13.6 Å². The molecule has 31 heavy (non-hydrogen) atoms. The molecule has 170 valence electrons. The van der Waals surface area contributed by atoms with Crippen molar-refractivity contribution in [1.82, 2.24) is 10.2 Å². The Morgan fingerprint density at radius 3 is 2.23 bits per heavy atom. The number of aliphatic hydroxyl groups is 1. The van der Waals surface area contributed by atoms with Crippen molar-refractivity contribution in [3.8, 4) is 0 Å². The van der Waals surface area contributed by atoms with E-state index in [4.69, 9.17) is 0 Å². The summed E-state index contributed by atoms with van der Waals surface area (Å²) in [6.07, 6.45) is -1.39. The SMILES string of the molecule is CCc1cccc(CNC[C@@H](O)[C@H](Cc2cc(F)cc(F)c2)N(C(=O)O)C(C)(C)C)c1. The summed E-state index contributed by atoms with van der Waals surface area (Å²) < 4.78 is 27.4. The number of aryl methyl sites for hydroxylation is 1. The van der Waals surface area contributed by atoms with Gasteiger partial charge >= 0.3 is 6.09 Å². The third-order valence-electron chi connectivity index (χ3n) is 5.15. The summed E-state index contributed by atoms with van der Waals surface area (Å²) in [4.78, 5) is 13.2. The van der Waals surface area contributed by atoms with Gasteiger partial charge in [0.25, 0.3) is 0 Å². The maximum absolute atomic E-state index is 13.7. The first-order valence-electron chi connectivity index (χ1n) is 10.4. The van der Waals surface area contributed by atoms with Crippen LogP contribution in [0, 0.1) is 11.6 Å². The highest BCUT2D eigenvalue weighted by molar-refractivity contribution is 5.66. The molecule has 0 aliphatic heterocycles. The molecule has 0 heterocycles. The van der Waals surface area contributed by atoms with E-state index < -0.39 is 35.4 Å². The van der Waals surface area contributed by atoms with Crippen LogP contribution in [0.5, 0.6) is 0 Å². The first-order valence-corrected chi connectivity index (χ1v) is 10.4. The number of hydrogen-bond acceptors (Lipinski definition) is 3. The van der Waals surface area contributed by atoms with Crippen LogP contribution in [-0.2, 0) is 19.4 Å². The lowest BCUT2D eigenvalue weighted by Crippen LogP contribution is -2.58. The van der Waals surface area contributed by atoms with Crippen molar-refractivity contribution in [1.29, 1.82) is 0 Å². The highest BCUT2D eigenvalue weighted by Crippen LogP contribution is 2.23. The van der Waals surface area contributed by atoms with Gasteiger partial charge in [-0.3, -0.25) is 4.90 Å². The lowest BCUT2D eigenvalue weighted by molar-refractivity contribution is 0.00766. The molecule has 0 saturated carbocycles. The van der Waals surface area contributed by atoms with Gasteiger partial charge < -0.3 is 15.5 Å². The molecule has 0 unspecified atom stereocenters. The second-order valence-electron chi connectivity index (χ2n) is 8.74. The Labute approximate surface area is 182 Å². The fourth-order valence-electron chi connectivity index (χ4n) is 3.76. The van der Waals surface area contributed by atoms with Gasteiger partial charge in [-0.05, 0) is 62.4 Å². The summed E-state index contributed by atoms with van der Waals surface area (Å²) >= 11 is 0. The molecule has 0 radical (unpaired) electrons. The van der Waals surface area contributed by atoms with Crippen LogP contribution in [0.1, 0.15) is 44.4 Å². The van der Waals surface area contributed by atoms with Gasteiger partial charge in [-0.2, -0.15) is 0 Å². The summed E-state index contributed by atoms with van der Waals surface area (Å²) in [5.41, 5.74) is 1.73. The molecule has 0 saturated heterocycles. The Morgan fingerprint density at radius 2 is 1.68 bits per heavy atom. The lowest BCUT2D eigenvalue weighted by Gasteiger charge is -2.42. The summed E-state index contributed by atoms with van der Waals surface area (Å²) in [6, 6.07) is 10.3. The number of benzene rings is 2. The van der Waals surface area contributed by atoms with Crippen molar-refractivity contribution >= 4 is 6.09 Å². The van der Waals surface area contributed by atoms with Crippen LogP contribution in [-0.4, -0.2) is 45.4 Å². The molecule has 5 nitrogen and oxygen atoms in total. The molecule has 0 spiro atoms. The Balaban J connectivity index is 2.20. The zero-order valence-electron chi connectivity index (χ0n) is 18.5. The number of hydrogen-bond donors (Lipinski definition) is 3. The summed E-state index contributed by atoms with van der Waals surface area (Å²) in [6.45, 7) is 7.86. The zero-order valence-corrected chi connectivity index (χ0v) is 18.5. The van der Waals surface area contributed by atoms with Crippen molar-refractivity contribution in [3.63, 3.8) is 0 Å². The third-order valence-corrected chi connectivity index (χ3v) is 5.15. The molecule has 0 aliphatic carbocycles. The minimum absolute atomic E-state index is 0.0214. The van der Waals surface area contributed by atoms with Crippen molar-refractivity contribution in [2.45, 2.75) is 64.8 Å². The van der Waals surface area contributed by atoms with E-state index >= 15 is 0 Å². The summed E-state index contributed by atoms with van der Waals surface area (Å²) in [7, 11) is 0. The lowest BCUT2D eigenvalue weighted by atomic mass is 9.94. The Morgan fingerprint density at radius 1 is 1.06 bits per heavy atom. The second kappa shape index (κ2) is 10.7. The molecule has 2 aromatic carbocycles. The molecule has 2 rings (SSSR count). The molecular weight excluding hydrogens is 402 g/mol. The Bertz CT molecular complexity index is 863. The molecule has 2 atom stereocenters. The van der Waals surface area contributed by atoms with Crippen LogP contribution < -0.4 is 5.32 Å². The molecule has 0 fully saturated rings. The molecular formula is C24H32F2N2O3. The predicted molar refractivity (Wildman–Crippen MR) is 117 cm³/mol. The van der Waals surface area contributed by atoms with Gasteiger partial charge in [-0.25, -0.2) is 13.6 Å². The van der Waals surface area contributed by atoms with Crippen molar-refractivity contribution in [2.75, 3.05) is 6.54 Å². The number of halogens is 2. The van der Waals surface area contributed by atoms with Gasteiger partial charge in [-0.15, -0.1) is 0 Å². The van der Waals surface area contributed by atoms with E-state index in [9.17, 15) is 23.8 Å². The van der Waals surface area contributed by atoms with E-state index in [2.05, 4.69) is 18.3 Å². The smallest absolute Gasteiger partial charge is 0.408 e. The quantitative estimate of drug-likeness (QED) is 0.548. The molecule has 0 bridgehead atoms. The average molecular weight is 435 g/mol. The summed E-state index contributed by atoms with van der Waals surface area (Å²) in [5, 5.41) is 23.9. The largest absolute Gasteiger partial charge is 0.465 e. The molecule has 0 aromatic heterocycles. The fraction of sp³-hybridized carbons (Fsp3) is 0.458. The maximum Gasteiger partial charge on any atom is 0.408 e. The van der Waals surface area contributed by atoms with Gasteiger partial charge in [0.1, 0.15) is 11.6 Å². The molecule has 1 amide bonds. The van der Waals surface area contributed by atoms with Crippen LogP contribution in [0.15, 0.2) is 42.5 Å². The Kier molecular flexibility index (Phi) is 8.53. The Hall–Kier alpha value is -2.51. The number of carboxylic acid groups (broad SMARTS) is 1. The standard InChI is InChI=1S/C24H32F2N2O3/c1-5-16-7-6-8-17(9-16)14-27-15-22(29)21(28(23(30)31)24(2,3)4)12-18-10-19(25)13-20(26)11-18/h6-11,13,21-22,27,29H,5,12,14-15H2,1-4H3,(H,30,31)/t21-,22+/m0/s1.